The summed E-state index contributed by atoms with van der Waals surface area (Å²) < 4.78 is 6.53. The molecule has 0 unspecified atom stereocenters. The molecule has 0 saturated carbocycles. The van der Waals surface area contributed by atoms with Gasteiger partial charge in [-0.15, -0.1) is 0 Å². The van der Waals surface area contributed by atoms with Gasteiger partial charge < -0.3 is 0 Å². The Labute approximate surface area is 81.8 Å². The lowest BCUT2D eigenvalue weighted by atomic mass is 10.3. The van der Waals surface area contributed by atoms with Crippen molar-refractivity contribution in [2.75, 3.05) is 0 Å². The Morgan fingerprint density at radius 3 is 2.64 bits per heavy atom. The fourth-order valence-electron chi connectivity index (χ4n) is 2.12. The fourth-order valence-corrected chi connectivity index (χ4v) is 2.12. The van der Waals surface area contributed by atoms with Crippen molar-refractivity contribution in [1.29, 1.82) is 0 Å². The summed E-state index contributed by atoms with van der Waals surface area (Å²) in [6.07, 6.45) is 4.17. The molecule has 0 N–H and O–H groups in total. The molecule has 0 aliphatic heterocycles. The molecule has 0 aliphatic carbocycles. The van der Waals surface area contributed by atoms with Gasteiger partial charge in [0.15, 0.2) is 0 Å². The zero-order valence-electron chi connectivity index (χ0n) is 8.31. The third-order valence-electron chi connectivity index (χ3n) is 2.77. The predicted octanol–water partition coefficient (Wildman–Crippen LogP) is 1.26. The van der Waals surface area contributed by atoms with Crippen LogP contribution in [0.4, 0.5) is 0 Å². The highest BCUT2D eigenvalue weighted by Gasteiger charge is 2.16. The Bertz CT molecular complexity index is 616. The summed E-state index contributed by atoms with van der Waals surface area (Å²) in [5.41, 5.74) is 2.52. The van der Waals surface area contributed by atoms with E-state index in [2.05, 4.69) is 64.3 Å². The maximum atomic E-state index is 2.20. The monoisotopic (exact) mass is 186 g/mol. The zero-order valence-corrected chi connectivity index (χ0v) is 8.31. The Morgan fingerprint density at radius 2 is 1.86 bits per heavy atom. The molecule has 0 saturated heterocycles. The lowest BCUT2D eigenvalue weighted by molar-refractivity contribution is -0.647. The fraction of sp³-hybridized carbons (Fsp3) is 0.182. The second kappa shape index (κ2) is 2.38. The number of nitrogens with zero attached hydrogens (tertiary/aromatic N) is 3. The van der Waals surface area contributed by atoms with Crippen LogP contribution in [-0.4, -0.2) is 8.97 Å². The van der Waals surface area contributed by atoms with Crippen LogP contribution in [0.1, 0.15) is 0 Å². The number of hydrogen-bond donors (Lipinski definition) is 0. The average Bonchev–Trinajstić information content (AvgIpc) is 2.70. The quantitative estimate of drug-likeness (QED) is 0.469. The van der Waals surface area contributed by atoms with Crippen LogP contribution in [0, 0.1) is 0 Å². The number of fused-ring (bicyclic) bond motifs is 3. The first-order chi connectivity index (χ1) is 6.79. The zero-order chi connectivity index (χ0) is 9.71. The number of hydrogen-bond acceptors (Lipinski definition) is 0. The van der Waals surface area contributed by atoms with Crippen molar-refractivity contribution >= 4 is 16.8 Å². The lowest BCUT2D eigenvalue weighted by Gasteiger charge is -1.88. The van der Waals surface area contributed by atoms with Gasteiger partial charge in [0.2, 0.25) is 0 Å². The summed E-state index contributed by atoms with van der Waals surface area (Å²) in [6, 6.07) is 8.42. The molecule has 0 radical (unpaired) electrons. The Kier molecular flexibility index (Phi) is 1.29. The average molecular weight is 186 g/mol. The normalized spacial score (nSPS) is 11.6. The smallest absolute Gasteiger partial charge is 0.237 e. The second-order valence-electron chi connectivity index (χ2n) is 3.63. The predicted molar refractivity (Wildman–Crippen MR) is 55.1 cm³/mol. The van der Waals surface area contributed by atoms with Crippen molar-refractivity contribution in [3.8, 4) is 0 Å². The molecule has 70 valence electrons. The van der Waals surface area contributed by atoms with E-state index in [1.807, 2.05) is 0 Å². The van der Waals surface area contributed by atoms with Gasteiger partial charge >= 0.3 is 5.78 Å². The van der Waals surface area contributed by atoms with Crippen LogP contribution in [0.15, 0.2) is 36.7 Å². The van der Waals surface area contributed by atoms with E-state index in [0.717, 1.165) is 0 Å². The van der Waals surface area contributed by atoms with E-state index in [-0.39, 0.29) is 0 Å². The van der Waals surface area contributed by atoms with Crippen LogP contribution in [0.3, 0.4) is 0 Å². The topological polar surface area (TPSA) is 13.2 Å². The van der Waals surface area contributed by atoms with E-state index >= 15 is 0 Å². The highest BCUT2D eigenvalue weighted by Crippen LogP contribution is 2.16. The van der Waals surface area contributed by atoms with E-state index in [9.17, 15) is 0 Å². The molecule has 0 amide bonds. The molecular formula is C11H12N3+. The van der Waals surface area contributed by atoms with Gasteiger partial charge in [-0.1, -0.05) is 12.1 Å². The summed E-state index contributed by atoms with van der Waals surface area (Å²) in [4.78, 5) is 0. The SMILES string of the molecule is Cn1c2ccccc2n2cc[n+](C)c12. The molecule has 2 aromatic heterocycles. The summed E-state index contributed by atoms with van der Waals surface area (Å²) in [6.45, 7) is 0. The van der Waals surface area contributed by atoms with Gasteiger partial charge in [0.1, 0.15) is 17.2 Å². The van der Waals surface area contributed by atoms with Crippen molar-refractivity contribution in [1.82, 2.24) is 8.97 Å². The summed E-state index contributed by atoms with van der Waals surface area (Å²) >= 11 is 0. The van der Waals surface area contributed by atoms with Gasteiger partial charge in [-0.3, -0.25) is 0 Å². The van der Waals surface area contributed by atoms with Gasteiger partial charge in [-0.05, 0) is 12.1 Å². The maximum Gasteiger partial charge on any atom is 0.369 e. The van der Waals surface area contributed by atoms with E-state index in [0.29, 0.717) is 0 Å². The molecule has 0 spiro atoms. The number of imidazole rings is 2. The minimum atomic E-state index is 1.20. The maximum absolute atomic E-state index is 2.20. The number of aromatic nitrogens is 3. The first-order valence-electron chi connectivity index (χ1n) is 4.69. The third-order valence-corrected chi connectivity index (χ3v) is 2.77. The van der Waals surface area contributed by atoms with Gasteiger partial charge in [0.05, 0.1) is 20.3 Å². The Balaban J connectivity index is 2.69. The Morgan fingerprint density at radius 1 is 1.14 bits per heavy atom. The van der Waals surface area contributed by atoms with Gasteiger partial charge in [-0.2, -0.15) is 4.40 Å². The molecule has 1 aromatic carbocycles. The number of rotatable bonds is 0. The van der Waals surface area contributed by atoms with E-state index in [1.165, 1.54) is 16.8 Å². The van der Waals surface area contributed by atoms with Crippen LogP contribution in [0.25, 0.3) is 16.8 Å². The first-order valence-corrected chi connectivity index (χ1v) is 4.69. The van der Waals surface area contributed by atoms with Crippen molar-refractivity contribution in [2.45, 2.75) is 0 Å². The molecule has 0 fully saturated rings. The van der Waals surface area contributed by atoms with Gasteiger partial charge in [0.25, 0.3) is 0 Å². The van der Waals surface area contributed by atoms with Crippen LogP contribution in [0.5, 0.6) is 0 Å². The molecule has 0 bridgehead atoms. The standard InChI is InChI=1S/C11H12N3/c1-12-7-8-14-10-6-4-3-5-9(10)13(2)11(12)14/h3-8H,1-2H3/q+1. The van der Waals surface area contributed by atoms with Crippen LogP contribution in [-0.2, 0) is 14.1 Å². The van der Waals surface area contributed by atoms with E-state index in [4.69, 9.17) is 0 Å². The lowest BCUT2D eigenvalue weighted by Crippen LogP contribution is -2.27. The van der Waals surface area contributed by atoms with Crippen molar-refractivity contribution in [3.63, 3.8) is 0 Å². The molecular weight excluding hydrogens is 174 g/mol. The Hall–Kier alpha value is -1.77. The van der Waals surface area contributed by atoms with Crippen LogP contribution in [0.2, 0.25) is 0 Å². The molecule has 14 heavy (non-hydrogen) atoms. The molecule has 3 rings (SSSR count). The highest BCUT2D eigenvalue weighted by molar-refractivity contribution is 5.79. The third kappa shape index (κ3) is 0.744. The number of benzene rings is 1. The first kappa shape index (κ1) is 7.62. The molecule has 2 heterocycles. The highest BCUT2D eigenvalue weighted by atomic mass is 15.2. The molecule has 3 nitrogen and oxygen atoms in total. The van der Waals surface area contributed by atoms with Gasteiger partial charge in [-0.25, -0.2) is 9.13 Å². The second-order valence-corrected chi connectivity index (χ2v) is 3.63. The van der Waals surface area contributed by atoms with E-state index < -0.39 is 0 Å². The minimum absolute atomic E-state index is 1.20. The summed E-state index contributed by atoms with van der Waals surface area (Å²) in [7, 11) is 4.16. The molecule has 3 aromatic rings. The van der Waals surface area contributed by atoms with Crippen molar-refractivity contribution in [2.24, 2.45) is 14.1 Å². The summed E-state index contributed by atoms with van der Waals surface area (Å²) in [5.74, 6) is 1.20. The van der Waals surface area contributed by atoms with Crippen molar-refractivity contribution < 1.29 is 4.57 Å². The van der Waals surface area contributed by atoms with Gasteiger partial charge in [0, 0.05) is 0 Å². The number of aryl methyl sites for hydroxylation is 2. The van der Waals surface area contributed by atoms with Crippen LogP contribution >= 0.6 is 0 Å². The summed E-state index contributed by atoms with van der Waals surface area (Å²) in [5, 5.41) is 0. The molecule has 3 heteroatoms. The number of para-hydroxylation sites is 2. The largest absolute Gasteiger partial charge is 0.369 e. The minimum Gasteiger partial charge on any atom is -0.237 e. The molecule has 0 atom stereocenters. The van der Waals surface area contributed by atoms with Crippen LogP contribution < -0.4 is 4.57 Å². The molecule has 0 aliphatic rings. The van der Waals surface area contributed by atoms with Crippen molar-refractivity contribution in [3.05, 3.63) is 36.7 Å². The van der Waals surface area contributed by atoms with E-state index in [1.54, 1.807) is 0 Å².